The molecule has 0 N–H and O–H groups in total. The van der Waals surface area contributed by atoms with E-state index < -0.39 is 10.1 Å². The Morgan fingerprint density at radius 2 is 1.91 bits per heavy atom. The number of nitriles is 1. The summed E-state index contributed by atoms with van der Waals surface area (Å²) in [5, 5.41) is 9.29. The zero-order valence-corrected chi connectivity index (χ0v) is 13.6. The monoisotopic (exact) mass is 318 g/mol. The van der Waals surface area contributed by atoms with Gasteiger partial charge in [-0.15, -0.1) is 0 Å². The molecule has 0 aliphatic heterocycles. The van der Waals surface area contributed by atoms with Gasteiger partial charge in [-0.1, -0.05) is 24.3 Å². The summed E-state index contributed by atoms with van der Waals surface area (Å²) in [4.78, 5) is 0. The van der Waals surface area contributed by atoms with Gasteiger partial charge in [0.25, 0.3) is 10.1 Å². The van der Waals surface area contributed by atoms with Crippen molar-refractivity contribution in [2.75, 3.05) is 6.26 Å². The minimum Gasteiger partial charge on any atom is -0.344 e. The van der Waals surface area contributed by atoms with Crippen molar-refractivity contribution < 1.29 is 12.6 Å². The van der Waals surface area contributed by atoms with Crippen molar-refractivity contribution in [1.29, 1.82) is 5.26 Å². The van der Waals surface area contributed by atoms with Crippen LogP contribution in [0, 0.1) is 18.3 Å². The van der Waals surface area contributed by atoms with Crippen molar-refractivity contribution in [3.8, 4) is 17.3 Å². The predicted octanol–water partition coefficient (Wildman–Crippen LogP) is 2.83. The molecule has 0 aliphatic rings. The van der Waals surface area contributed by atoms with Crippen LogP contribution in [0.1, 0.15) is 23.7 Å². The Hall–Kier alpha value is -2.10. The molecule has 0 saturated carbocycles. The van der Waals surface area contributed by atoms with Crippen LogP contribution >= 0.6 is 0 Å². The van der Waals surface area contributed by atoms with Gasteiger partial charge >= 0.3 is 0 Å². The summed E-state index contributed by atoms with van der Waals surface area (Å²) in [5.74, 6) is 0. The third kappa shape index (κ3) is 3.56. The minimum absolute atomic E-state index is 0.0119. The van der Waals surface area contributed by atoms with E-state index in [-0.39, 0.29) is 6.61 Å². The quantitative estimate of drug-likeness (QED) is 0.795. The van der Waals surface area contributed by atoms with Crippen LogP contribution in [-0.2, 0) is 27.5 Å². The van der Waals surface area contributed by atoms with Gasteiger partial charge in [0, 0.05) is 12.2 Å². The third-order valence-corrected chi connectivity index (χ3v) is 3.95. The molecule has 2 aromatic rings. The Morgan fingerprint density at radius 3 is 2.41 bits per heavy atom. The molecule has 6 heteroatoms. The SMILES string of the molecule is CCn1c(C)cc(C#N)c1-c1ccc(COS(C)(=O)=O)cc1. The number of benzene rings is 1. The lowest BCUT2D eigenvalue weighted by atomic mass is 10.1. The highest BCUT2D eigenvalue weighted by molar-refractivity contribution is 7.85. The first kappa shape index (κ1) is 16.3. The van der Waals surface area contributed by atoms with Crippen molar-refractivity contribution >= 4 is 10.1 Å². The van der Waals surface area contributed by atoms with E-state index >= 15 is 0 Å². The molecular weight excluding hydrogens is 300 g/mol. The number of aryl methyl sites for hydroxylation is 1. The van der Waals surface area contributed by atoms with Crippen LogP contribution in [0.3, 0.4) is 0 Å². The highest BCUT2D eigenvalue weighted by Crippen LogP contribution is 2.27. The van der Waals surface area contributed by atoms with Gasteiger partial charge in [-0.25, -0.2) is 0 Å². The Balaban J connectivity index is 2.34. The Labute approximate surface area is 130 Å². The highest BCUT2D eigenvalue weighted by Gasteiger charge is 2.13. The third-order valence-electron chi connectivity index (χ3n) is 3.41. The second kappa shape index (κ2) is 6.34. The van der Waals surface area contributed by atoms with Crippen LogP contribution < -0.4 is 0 Å². The van der Waals surface area contributed by atoms with Gasteiger partial charge in [-0.3, -0.25) is 4.18 Å². The largest absolute Gasteiger partial charge is 0.344 e. The molecular formula is C16H18N2O3S. The lowest BCUT2D eigenvalue weighted by molar-refractivity contribution is 0.311. The van der Waals surface area contributed by atoms with E-state index in [1.165, 1.54) is 0 Å². The zero-order chi connectivity index (χ0) is 16.3. The number of hydrogen-bond acceptors (Lipinski definition) is 4. The Bertz CT molecular complexity index is 812. The first-order valence-electron chi connectivity index (χ1n) is 6.89. The summed E-state index contributed by atoms with van der Waals surface area (Å²) in [7, 11) is -3.45. The van der Waals surface area contributed by atoms with Gasteiger partial charge in [0.15, 0.2) is 0 Å². The van der Waals surface area contributed by atoms with E-state index in [2.05, 4.69) is 10.6 Å². The molecule has 5 nitrogen and oxygen atoms in total. The zero-order valence-electron chi connectivity index (χ0n) is 12.8. The fraction of sp³-hybridized carbons (Fsp3) is 0.312. The van der Waals surface area contributed by atoms with Crippen LogP contribution in [0.2, 0.25) is 0 Å². The van der Waals surface area contributed by atoms with Crippen LogP contribution in [-0.4, -0.2) is 19.2 Å². The topological polar surface area (TPSA) is 72.1 Å². The van der Waals surface area contributed by atoms with Crippen molar-refractivity contribution in [3.05, 3.63) is 47.2 Å². The summed E-state index contributed by atoms with van der Waals surface area (Å²) in [6, 6.07) is 11.5. The standard InChI is InChI=1S/C16H18N2O3S/c1-4-18-12(2)9-15(10-17)16(18)14-7-5-13(6-8-14)11-21-22(3,19)20/h5-9H,4,11H2,1-3H3. The van der Waals surface area contributed by atoms with E-state index in [1.54, 1.807) is 0 Å². The Morgan fingerprint density at radius 1 is 1.27 bits per heavy atom. The summed E-state index contributed by atoms with van der Waals surface area (Å²) in [6.45, 7) is 4.80. The lowest BCUT2D eigenvalue weighted by Gasteiger charge is -2.10. The molecule has 1 aromatic carbocycles. The summed E-state index contributed by atoms with van der Waals surface area (Å²) < 4.78 is 28.9. The van der Waals surface area contributed by atoms with Crippen molar-refractivity contribution in [2.24, 2.45) is 0 Å². The molecule has 22 heavy (non-hydrogen) atoms. The van der Waals surface area contributed by atoms with Crippen LogP contribution in [0.4, 0.5) is 0 Å². The predicted molar refractivity (Wildman–Crippen MR) is 84.6 cm³/mol. The molecule has 0 aliphatic carbocycles. The smallest absolute Gasteiger partial charge is 0.264 e. The molecule has 0 amide bonds. The summed E-state index contributed by atoms with van der Waals surface area (Å²) in [5.41, 5.74) is 4.25. The molecule has 0 saturated heterocycles. The van der Waals surface area contributed by atoms with Crippen LogP contribution in [0.25, 0.3) is 11.3 Å². The molecule has 0 spiro atoms. The number of aromatic nitrogens is 1. The maximum atomic E-state index is 11.0. The van der Waals surface area contributed by atoms with Gasteiger partial charge in [0.05, 0.1) is 24.1 Å². The van der Waals surface area contributed by atoms with Crippen molar-refractivity contribution in [1.82, 2.24) is 4.57 Å². The van der Waals surface area contributed by atoms with E-state index in [1.807, 2.05) is 44.2 Å². The van der Waals surface area contributed by atoms with Crippen molar-refractivity contribution in [3.63, 3.8) is 0 Å². The normalized spacial score (nSPS) is 11.4. The van der Waals surface area contributed by atoms with Gasteiger partial charge in [-0.05, 0) is 31.0 Å². The van der Waals surface area contributed by atoms with Gasteiger partial charge in [0.1, 0.15) is 6.07 Å². The minimum atomic E-state index is -3.45. The first-order valence-corrected chi connectivity index (χ1v) is 8.71. The average molecular weight is 318 g/mol. The van der Waals surface area contributed by atoms with E-state index in [9.17, 15) is 13.7 Å². The molecule has 2 rings (SSSR count). The molecule has 0 radical (unpaired) electrons. The Kier molecular flexibility index (Phi) is 4.69. The van der Waals surface area contributed by atoms with Crippen molar-refractivity contribution in [2.45, 2.75) is 27.0 Å². The van der Waals surface area contributed by atoms with Crippen LogP contribution in [0.5, 0.6) is 0 Å². The fourth-order valence-corrected chi connectivity index (χ4v) is 2.77. The van der Waals surface area contributed by atoms with E-state index in [0.717, 1.165) is 35.3 Å². The van der Waals surface area contributed by atoms with E-state index in [4.69, 9.17) is 4.18 Å². The molecule has 116 valence electrons. The first-order chi connectivity index (χ1) is 10.4. The van der Waals surface area contributed by atoms with Gasteiger partial charge < -0.3 is 4.57 Å². The van der Waals surface area contributed by atoms with Gasteiger partial charge in [-0.2, -0.15) is 13.7 Å². The highest BCUT2D eigenvalue weighted by atomic mass is 32.2. The fourth-order valence-electron chi connectivity index (χ4n) is 2.41. The number of nitrogens with zero attached hydrogens (tertiary/aromatic N) is 2. The summed E-state index contributed by atoms with van der Waals surface area (Å²) in [6.07, 6.45) is 1.03. The second-order valence-corrected chi connectivity index (χ2v) is 6.71. The maximum absolute atomic E-state index is 11.0. The lowest BCUT2D eigenvalue weighted by Crippen LogP contribution is -2.03. The number of hydrogen-bond donors (Lipinski definition) is 0. The molecule has 0 unspecified atom stereocenters. The van der Waals surface area contributed by atoms with E-state index in [0.29, 0.717) is 5.56 Å². The summed E-state index contributed by atoms with van der Waals surface area (Å²) >= 11 is 0. The number of rotatable bonds is 5. The second-order valence-electron chi connectivity index (χ2n) is 5.07. The molecule has 1 heterocycles. The molecule has 0 bridgehead atoms. The molecule has 1 aromatic heterocycles. The van der Waals surface area contributed by atoms with Crippen LogP contribution in [0.15, 0.2) is 30.3 Å². The van der Waals surface area contributed by atoms with Gasteiger partial charge in [0.2, 0.25) is 0 Å². The molecule has 0 fully saturated rings. The maximum Gasteiger partial charge on any atom is 0.264 e. The average Bonchev–Trinajstić information content (AvgIpc) is 2.80. The molecule has 0 atom stereocenters.